The van der Waals surface area contributed by atoms with Gasteiger partial charge < -0.3 is 4.52 Å². The minimum absolute atomic E-state index is 0.0767. The van der Waals surface area contributed by atoms with Crippen molar-refractivity contribution < 1.29 is 12.9 Å². The third-order valence-corrected chi connectivity index (χ3v) is 6.37. The first kappa shape index (κ1) is 16.9. The second-order valence-electron chi connectivity index (χ2n) is 6.20. The lowest BCUT2D eigenvalue weighted by Crippen LogP contribution is -2.28. The van der Waals surface area contributed by atoms with Crippen LogP contribution in [0.3, 0.4) is 0 Å². The molecule has 0 bridgehead atoms. The molecule has 0 radical (unpaired) electrons. The summed E-state index contributed by atoms with van der Waals surface area (Å²) in [6, 6.07) is 9.52. The Kier molecular flexibility index (Phi) is 4.33. The molecule has 1 saturated heterocycles. The summed E-state index contributed by atoms with van der Waals surface area (Å²) >= 11 is 0. The fourth-order valence-corrected chi connectivity index (χ4v) is 4.51. The molecule has 1 aliphatic heterocycles. The highest BCUT2D eigenvalue weighted by Crippen LogP contribution is 2.30. The van der Waals surface area contributed by atoms with Crippen LogP contribution in [-0.4, -0.2) is 45.7 Å². The first-order valence-electron chi connectivity index (χ1n) is 8.49. The Morgan fingerprint density at radius 3 is 2.81 bits per heavy atom. The van der Waals surface area contributed by atoms with Gasteiger partial charge in [-0.3, -0.25) is 4.68 Å². The molecule has 136 valence electrons. The fraction of sp³-hybridized carbons (Fsp3) is 0.353. The normalized spacial score (nSPS) is 18.4. The van der Waals surface area contributed by atoms with Gasteiger partial charge in [0.1, 0.15) is 4.90 Å². The Bertz CT molecular complexity index is 996. The molecule has 4 rings (SSSR count). The lowest BCUT2D eigenvalue weighted by molar-refractivity contribution is 0.414. The predicted molar refractivity (Wildman–Crippen MR) is 93.8 cm³/mol. The minimum Gasteiger partial charge on any atom is -0.334 e. The smallest absolute Gasteiger partial charge is 0.257 e. The Labute approximate surface area is 151 Å². The third-order valence-electron chi connectivity index (χ3n) is 4.55. The molecule has 1 aliphatic rings. The summed E-state index contributed by atoms with van der Waals surface area (Å²) in [7, 11) is -3.55. The maximum atomic E-state index is 12.8. The SMILES string of the molecule is CCn1cc(S(=O)(=O)N2CCC(c3noc(-c4ccccc4)n3)C2)cn1. The zero-order chi connectivity index (χ0) is 18.1. The summed E-state index contributed by atoms with van der Waals surface area (Å²) in [6.07, 6.45) is 3.62. The average molecular weight is 373 g/mol. The number of nitrogens with zero attached hydrogens (tertiary/aromatic N) is 5. The molecule has 1 fully saturated rings. The van der Waals surface area contributed by atoms with Crippen LogP contribution in [0.2, 0.25) is 0 Å². The number of hydrogen-bond donors (Lipinski definition) is 0. The van der Waals surface area contributed by atoms with Crippen LogP contribution in [0, 0.1) is 0 Å². The standard InChI is InChI=1S/C17H19N5O3S/c1-2-21-12-15(10-18-21)26(23,24)22-9-8-14(11-22)16-19-17(25-20-16)13-6-4-3-5-7-13/h3-7,10,12,14H,2,8-9,11H2,1H3. The number of aromatic nitrogens is 4. The van der Waals surface area contributed by atoms with Gasteiger partial charge in [0.05, 0.1) is 6.20 Å². The van der Waals surface area contributed by atoms with Gasteiger partial charge in [-0.2, -0.15) is 14.4 Å². The molecule has 26 heavy (non-hydrogen) atoms. The molecule has 1 unspecified atom stereocenters. The van der Waals surface area contributed by atoms with Gasteiger partial charge in [0, 0.05) is 37.3 Å². The van der Waals surface area contributed by atoms with E-state index in [1.807, 2.05) is 37.3 Å². The van der Waals surface area contributed by atoms with Gasteiger partial charge in [0.2, 0.25) is 10.0 Å². The summed E-state index contributed by atoms with van der Waals surface area (Å²) in [5.74, 6) is 0.921. The number of hydrogen-bond acceptors (Lipinski definition) is 6. The quantitative estimate of drug-likeness (QED) is 0.680. The lowest BCUT2D eigenvalue weighted by Gasteiger charge is -2.14. The van der Waals surface area contributed by atoms with Gasteiger partial charge in [0.15, 0.2) is 5.82 Å². The van der Waals surface area contributed by atoms with Gasteiger partial charge in [-0.1, -0.05) is 23.4 Å². The van der Waals surface area contributed by atoms with Gasteiger partial charge in [-0.15, -0.1) is 0 Å². The van der Waals surface area contributed by atoms with Crippen LogP contribution in [0.4, 0.5) is 0 Å². The molecule has 1 aromatic carbocycles. The van der Waals surface area contributed by atoms with Crippen LogP contribution in [-0.2, 0) is 16.6 Å². The summed E-state index contributed by atoms with van der Waals surface area (Å²) in [4.78, 5) is 4.67. The van der Waals surface area contributed by atoms with Crippen LogP contribution in [0.25, 0.3) is 11.5 Å². The summed E-state index contributed by atoms with van der Waals surface area (Å²) in [6.45, 7) is 3.31. The molecule has 3 heterocycles. The highest BCUT2D eigenvalue weighted by atomic mass is 32.2. The Balaban J connectivity index is 1.51. The van der Waals surface area contributed by atoms with Crippen LogP contribution in [0.15, 0.2) is 52.1 Å². The van der Waals surface area contributed by atoms with Crippen molar-refractivity contribution in [2.75, 3.05) is 13.1 Å². The van der Waals surface area contributed by atoms with Crippen molar-refractivity contribution >= 4 is 10.0 Å². The van der Waals surface area contributed by atoms with Gasteiger partial charge in [-0.05, 0) is 25.5 Å². The summed E-state index contributed by atoms with van der Waals surface area (Å²) in [5, 5.41) is 8.11. The van der Waals surface area contributed by atoms with Crippen molar-refractivity contribution in [2.24, 2.45) is 0 Å². The average Bonchev–Trinajstić information content (AvgIpc) is 3.42. The van der Waals surface area contributed by atoms with Crippen molar-refractivity contribution in [3.63, 3.8) is 0 Å². The van der Waals surface area contributed by atoms with Crippen molar-refractivity contribution in [1.82, 2.24) is 24.2 Å². The molecule has 0 spiro atoms. The van der Waals surface area contributed by atoms with E-state index in [9.17, 15) is 8.42 Å². The van der Waals surface area contributed by atoms with E-state index in [0.29, 0.717) is 37.8 Å². The maximum absolute atomic E-state index is 12.8. The molecule has 0 saturated carbocycles. The first-order chi connectivity index (χ1) is 12.6. The second-order valence-corrected chi connectivity index (χ2v) is 8.14. The largest absolute Gasteiger partial charge is 0.334 e. The third kappa shape index (κ3) is 3.04. The zero-order valence-corrected chi connectivity index (χ0v) is 15.1. The van der Waals surface area contributed by atoms with E-state index in [2.05, 4.69) is 15.2 Å². The summed E-state index contributed by atoms with van der Waals surface area (Å²) < 4.78 is 34.0. The van der Waals surface area contributed by atoms with Crippen LogP contribution >= 0.6 is 0 Å². The molecule has 1 atom stereocenters. The van der Waals surface area contributed by atoms with Gasteiger partial charge in [-0.25, -0.2) is 8.42 Å². The van der Waals surface area contributed by atoms with Crippen molar-refractivity contribution in [2.45, 2.75) is 30.7 Å². The monoisotopic (exact) mass is 373 g/mol. The fourth-order valence-electron chi connectivity index (χ4n) is 3.06. The maximum Gasteiger partial charge on any atom is 0.257 e. The van der Waals surface area contributed by atoms with E-state index in [0.717, 1.165) is 5.56 Å². The van der Waals surface area contributed by atoms with E-state index >= 15 is 0 Å². The van der Waals surface area contributed by atoms with Gasteiger partial charge in [0.25, 0.3) is 5.89 Å². The molecule has 0 aliphatic carbocycles. The van der Waals surface area contributed by atoms with E-state index in [1.165, 1.54) is 10.5 Å². The number of sulfonamides is 1. The van der Waals surface area contributed by atoms with E-state index in [4.69, 9.17) is 4.52 Å². The molecule has 3 aromatic rings. The molecule has 8 nitrogen and oxygen atoms in total. The van der Waals surface area contributed by atoms with E-state index in [1.54, 1.807) is 10.9 Å². The molecule has 0 N–H and O–H groups in total. The first-order valence-corrected chi connectivity index (χ1v) is 9.93. The molecule has 0 amide bonds. The number of rotatable bonds is 5. The highest BCUT2D eigenvalue weighted by Gasteiger charge is 2.36. The molecular weight excluding hydrogens is 354 g/mol. The number of aryl methyl sites for hydroxylation is 1. The molecular formula is C17H19N5O3S. The highest BCUT2D eigenvalue weighted by molar-refractivity contribution is 7.89. The van der Waals surface area contributed by atoms with Crippen LogP contribution < -0.4 is 0 Å². The van der Waals surface area contributed by atoms with Crippen molar-refractivity contribution in [3.05, 3.63) is 48.5 Å². The lowest BCUT2D eigenvalue weighted by atomic mass is 10.1. The Morgan fingerprint density at radius 1 is 1.27 bits per heavy atom. The summed E-state index contributed by atoms with van der Waals surface area (Å²) in [5.41, 5.74) is 0.848. The van der Waals surface area contributed by atoms with Crippen LogP contribution in [0.5, 0.6) is 0 Å². The van der Waals surface area contributed by atoms with E-state index in [-0.39, 0.29) is 10.8 Å². The van der Waals surface area contributed by atoms with Crippen molar-refractivity contribution in [1.29, 1.82) is 0 Å². The van der Waals surface area contributed by atoms with E-state index < -0.39 is 10.0 Å². The van der Waals surface area contributed by atoms with Crippen molar-refractivity contribution in [3.8, 4) is 11.5 Å². The predicted octanol–water partition coefficient (Wildman–Crippen LogP) is 2.13. The molecule has 2 aromatic heterocycles. The Hall–Kier alpha value is -2.52. The second kappa shape index (κ2) is 6.65. The Morgan fingerprint density at radius 2 is 2.08 bits per heavy atom. The van der Waals surface area contributed by atoms with Crippen LogP contribution in [0.1, 0.15) is 25.1 Å². The minimum atomic E-state index is -3.55. The number of benzene rings is 1. The zero-order valence-electron chi connectivity index (χ0n) is 14.3. The van der Waals surface area contributed by atoms with Gasteiger partial charge >= 0.3 is 0 Å². The molecule has 9 heteroatoms. The topological polar surface area (TPSA) is 94.1 Å².